The summed E-state index contributed by atoms with van der Waals surface area (Å²) in [6.45, 7) is 0. The third kappa shape index (κ3) is 2.36. The van der Waals surface area contributed by atoms with Crippen LogP contribution in [0.4, 0.5) is 0 Å². The van der Waals surface area contributed by atoms with Gasteiger partial charge < -0.3 is 9.47 Å². The number of hydrogen-bond donors (Lipinski definition) is 0. The molecular formula is C16H12O3. The van der Waals surface area contributed by atoms with Crippen molar-refractivity contribution in [3.05, 3.63) is 83.8 Å². The predicted octanol–water partition coefficient (Wildman–Crippen LogP) is 3.43. The third-order valence-electron chi connectivity index (χ3n) is 2.92. The molecule has 94 valence electrons. The van der Waals surface area contributed by atoms with E-state index in [1.54, 1.807) is 24.3 Å². The molecule has 0 radical (unpaired) electrons. The molecule has 3 nitrogen and oxygen atoms in total. The number of benzene rings is 2. The number of ether oxygens (including phenoxy) is 2. The van der Waals surface area contributed by atoms with Gasteiger partial charge in [-0.15, -0.1) is 0 Å². The van der Waals surface area contributed by atoms with Gasteiger partial charge in [0.2, 0.25) is 0 Å². The van der Waals surface area contributed by atoms with Crippen molar-refractivity contribution in [1.82, 2.24) is 0 Å². The fourth-order valence-electron chi connectivity index (χ4n) is 1.98. The van der Waals surface area contributed by atoms with E-state index in [0.29, 0.717) is 11.1 Å². The number of carbonyl (C=O) groups excluding carboxylic acids is 1. The molecule has 0 fully saturated rings. The molecule has 2 aromatic carbocycles. The van der Waals surface area contributed by atoms with E-state index in [1.165, 1.54) is 12.5 Å². The lowest BCUT2D eigenvalue weighted by Crippen LogP contribution is -2.04. The molecular weight excluding hydrogens is 240 g/mol. The molecule has 0 saturated heterocycles. The SMILES string of the molecule is O=C(c1ccccc1)c1cccc(C2OC=CO2)c1. The Balaban J connectivity index is 1.89. The largest absolute Gasteiger partial charge is 0.455 e. The minimum atomic E-state index is -0.455. The average molecular weight is 252 g/mol. The second-order valence-corrected chi connectivity index (χ2v) is 4.20. The number of carbonyl (C=O) groups is 1. The van der Waals surface area contributed by atoms with Crippen molar-refractivity contribution >= 4 is 5.78 Å². The highest BCUT2D eigenvalue weighted by atomic mass is 16.7. The first kappa shape index (κ1) is 11.5. The Kier molecular flexibility index (Phi) is 3.02. The van der Waals surface area contributed by atoms with E-state index in [4.69, 9.17) is 9.47 Å². The van der Waals surface area contributed by atoms with Gasteiger partial charge in [0.05, 0.1) is 0 Å². The first-order valence-electron chi connectivity index (χ1n) is 6.00. The lowest BCUT2D eigenvalue weighted by molar-refractivity contribution is -0.0246. The molecule has 0 amide bonds. The van der Waals surface area contributed by atoms with Crippen molar-refractivity contribution < 1.29 is 14.3 Å². The maximum atomic E-state index is 12.3. The topological polar surface area (TPSA) is 35.5 Å². The lowest BCUT2D eigenvalue weighted by atomic mass is 10.0. The van der Waals surface area contributed by atoms with Gasteiger partial charge in [-0.25, -0.2) is 0 Å². The van der Waals surface area contributed by atoms with E-state index in [1.807, 2.05) is 30.3 Å². The van der Waals surface area contributed by atoms with Gasteiger partial charge in [0.15, 0.2) is 5.78 Å². The summed E-state index contributed by atoms with van der Waals surface area (Å²) in [5, 5.41) is 0. The molecule has 2 aromatic rings. The van der Waals surface area contributed by atoms with Gasteiger partial charge in [0.25, 0.3) is 6.29 Å². The molecule has 3 heteroatoms. The van der Waals surface area contributed by atoms with Gasteiger partial charge in [0, 0.05) is 16.7 Å². The fourth-order valence-corrected chi connectivity index (χ4v) is 1.98. The second-order valence-electron chi connectivity index (χ2n) is 4.20. The molecule has 0 atom stereocenters. The molecule has 0 saturated carbocycles. The number of hydrogen-bond acceptors (Lipinski definition) is 3. The summed E-state index contributed by atoms with van der Waals surface area (Å²) in [5.41, 5.74) is 2.13. The fraction of sp³-hybridized carbons (Fsp3) is 0.0625. The van der Waals surface area contributed by atoms with Crippen molar-refractivity contribution in [3.63, 3.8) is 0 Å². The van der Waals surface area contributed by atoms with Gasteiger partial charge in [-0.05, 0) is 6.07 Å². The van der Waals surface area contributed by atoms with E-state index in [-0.39, 0.29) is 5.78 Å². The van der Waals surface area contributed by atoms with Crippen LogP contribution in [0.1, 0.15) is 27.8 Å². The molecule has 1 aliphatic heterocycles. The summed E-state index contributed by atoms with van der Waals surface area (Å²) in [4.78, 5) is 12.3. The van der Waals surface area contributed by atoms with Crippen LogP contribution in [0, 0.1) is 0 Å². The van der Waals surface area contributed by atoms with Crippen molar-refractivity contribution in [2.24, 2.45) is 0 Å². The summed E-state index contributed by atoms with van der Waals surface area (Å²) in [5.74, 6) is -0.00611. The monoisotopic (exact) mass is 252 g/mol. The molecule has 3 rings (SSSR count). The first-order chi connectivity index (χ1) is 9.34. The van der Waals surface area contributed by atoms with E-state index in [2.05, 4.69) is 0 Å². The van der Waals surface area contributed by atoms with Crippen LogP contribution in [0.25, 0.3) is 0 Å². The van der Waals surface area contributed by atoms with E-state index >= 15 is 0 Å². The van der Waals surface area contributed by atoms with Crippen LogP contribution < -0.4 is 0 Å². The van der Waals surface area contributed by atoms with Crippen molar-refractivity contribution in [3.8, 4) is 0 Å². The summed E-state index contributed by atoms with van der Waals surface area (Å²) < 4.78 is 10.5. The van der Waals surface area contributed by atoms with Gasteiger partial charge in [-0.2, -0.15) is 0 Å². The van der Waals surface area contributed by atoms with Crippen molar-refractivity contribution in [2.45, 2.75) is 6.29 Å². The van der Waals surface area contributed by atoms with E-state index < -0.39 is 6.29 Å². The highest BCUT2D eigenvalue weighted by Gasteiger charge is 2.17. The van der Waals surface area contributed by atoms with Crippen LogP contribution in [0.3, 0.4) is 0 Å². The third-order valence-corrected chi connectivity index (χ3v) is 2.92. The second kappa shape index (κ2) is 4.98. The molecule has 0 aliphatic carbocycles. The van der Waals surface area contributed by atoms with Gasteiger partial charge >= 0.3 is 0 Å². The van der Waals surface area contributed by atoms with Crippen LogP contribution in [0.15, 0.2) is 67.1 Å². The zero-order chi connectivity index (χ0) is 13.1. The van der Waals surface area contributed by atoms with Crippen LogP contribution in [-0.4, -0.2) is 5.78 Å². The van der Waals surface area contributed by atoms with Crippen LogP contribution in [0.5, 0.6) is 0 Å². The molecule has 0 spiro atoms. The highest BCUT2D eigenvalue weighted by molar-refractivity contribution is 6.09. The predicted molar refractivity (Wildman–Crippen MR) is 70.4 cm³/mol. The minimum absolute atomic E-state index is 0.00611. The lowest BCUT2D eigenvalue weighted by Gasteiger charge is -2.11. The summed E-state index contributed by atoms with van der Waals surface area (Å²) in [7, 11) is 0. The normalized spacial score (nSPS) is 13.9. The molecule has 0 aromatic heterocycles. The summed E-state index contributed by atoms with van der Waals surface area (Å²) >= 11 is 0. The van der Waals surface area contributed by atoms with Crippen molar-refractivity contribution in [1.29, 1.82) is 0 Å². The van der Waals surface area contributed by atoms with Crippen LogP contribution >= 0.6 is 0 Å². The standard InChI is InChI=1S/C16H12O3/c17-15(12-5-2-1-3-6-12)13-7-4-8-14(11-13)16-18-9-10-19-16/h1-11,16H. The smallest absolute Gasteiger partial charge is 0.266 e. The zero-order valence-electron chi connectivity index (χ0n) is 10.2. The quantitative estimate of drug-likeness (QED) is 0.785. The number of rotatable bonds is 3. The van der Waals surface area contributed by atoms with Crippen LogP contribution in [-0.2, 0) is 9.47 Å². The molecule has 1 aliphatic rings. The Hall–Kier alpha value is -2.55. The van der Waals surface area contributed by atoms with Crippen molar-refractivity contribution in [2.75, 3.05) is 0 Å². The molecule has 0 N–H and O–H groups in total. The maximum Gasteiger partial charge on any atom is 0.266 e. The van der Waals surface area contributed by atoms with Gasteiger partial charge in [-0.1, -0.05) is 48.5 Å². The van der Waals surface area contributed by atoms with Crippen LogP contribution in [0.2, 0.25) is 0 Å². The van der Waals surface area contributed by atoms with Gasteiger partial charge in [0.1, 0.15) is 12.5 Å². The Morgan fingerprint density at radius 1 is 0.842 bits per heavy atom. The molecule has 0 unspecified atom stereocenters. The minimum Gasteiger partial charge on any atom is -0.455 e. The highest BCUT2D eigenvalue weighted by Crippen LogP contribution is 2.25. The maximum absolute atomic E-state index is 12.3. The molecule has 1 heterocycles. The first-order valence-corrected chi connectivity index (χ1v) is 6.00. The number of ketones is 1. The summed E-state index contributed by atoms with van der Waals surface area (Å²) in [6.07, 6.45) is 2.54. The zero-order valence-corrected chi connectivity index (χ0v) is 10.2. The Morgan fingerprint density at radius 2 is 1.53 bits per heavy atom. The van der Waals surface area contributed by atoms with E-state index in [9.17, 15) is 4.79 Å². The summed E-state index contributed by atoms with van der Waals surface area (Å²) in [6, 6.07) is 16.5. The van der Waals surface area contributed by atoms with Gasteiger partial charge in [-0.3, -0.25) is 4.79 Å². The Morgan fingerprint density at radius 3 is 2.26 bits per heavy atom. The average Bonchev–Trinajstić information content (AvgIpc) is 3.02. The van der Waals surface area contributed by atoms with E-state index in [0.717, 1.165) is 5.56 Å². The Labute approximate surface area is 111 Å². The molecule has 0 bridgehead atoms. The molecule has 19 heavy (non-hydrogen) atoms. The Bertz CT molecular complexity index is 609.